The molecule has 0 saturated heterocycles. The van der Waals surface area contributed by atoms with Gasteiger partial charge in [0.2, 0.25) is 0 Å². The van der Waals surface area contributed by atoms with Gasteiger partial charge in [-0.15, -0.1) is 0 Å². The first-order valence-electron chi connectivity index (χ1n) is 7.87. The number of thiol groups is 1. The van der Waals surface area contributed by atoms with Gasteiger partial charge in [0, 0.05) is 30.7 Å². The first-order valence-corrected chi connectivity index (χ1v) is 8.39. The smallest absolute Gasteiger partial charge is 0.254 e. The van der Waals surface area contributed by atoms with Gasteiger partial charge in [0.05, 0.1) is 10.9 Å². The molecule has 23 heavy (non-hydrogen) atoms. The third kappa shape index (κ3) is 5.77. The Morgan fingerprint density at radius 3 is 2.17 bits per heavy atom. The molecule has 1 aliphatic rings. The Labute approximate surface area is 143 Å². The molecule has 6 heteroatoms. The summed E-state index contributed by atoms with van der Waals surface area (Å²) in [6.07, 6.45) is 4.15. The Bertz CT molecular complexity index is 491. The van der Waals surface area contributed by atoms with Gasteiger partial charge in [-0.3, -0.25) is 19.3 Å². The zero-order chi connectivity index (χ0) is 17.8. The predicted molar refractivity (Wildman–Crippen MR) is 92.4 cm³/mol. The molecule has 1 rings (SSSR count). The minimum atomic E-state index is -0.608. The van der Waals surface area contributed by atoms with Crippen molar-refractivity contribution in [2.75, 3.05) is 6.61 Å². The second-order valence-electron chi connectivity index (χ2n) is 7.16. The summed E-state index contributed by atoms with van der Waals surface area (Å²) in [5.74, 6) is -0.468. The molecule has 130 valence electrons. The molecule has 0 spiro atoms. The lowest BCUT2D eigenvalue weighted by molar-refractivity contribution is -0.144. The summed E-state index contributed by atoms with van der Waals surface area (Å²) in [7, 11) is 0. The van der Waals surface area contributed by atoms with Crippen molar-refractivity contribution < 1.29 is 19.1 Å². The number of hydrogen-bond donors (Lipinski definition) is 1. The largest absolute Gasteiger partial charge is 0.375 e. The van der Waals surface area contributed by atoms with E-state index in [-0.39, 0.29) is 22.8 Å². The standard InChI is InChI=1S/C17H27NO4S/c1-12(23)13(19)8-9-17(4,5)22-11-10-16(2,3)18-14(20)6-7-15(18)21/h6-7,12,23H,8-11H2,1-5H3. The van der Waals surface area contributed by atoms with Crippen LogP contribution in [0.3, 0.4) is 0 Å². The van der Waals surface area contributed by atoms with Gasteiger partial charge in [-0.05, 0) is 47.5 Å². The van der Waals surface area contributed by atoms with E-state index in [1.807, 2.05) is 27.7 Å². The summed E-state index contributed by atoms with van der Waals surface area (Å²) < 4.78 is 5.88. The van der Waals surface area contributed by atoms with Crippen LogP contribution in [0.5, 0.6) is 0 Å². The monoisotopic (exact) mass is 341 g/mol. The van der Waals surface area contributed by atoms with Crippen LogP contribution in [-0.2, 0) is 19.1 Å². The number of hydrogen-bond acceptors (Lipinski definition) is 5. The van der Waals surface area contributed by atoms with E-state index in [1.165, 1.54) is 17.1 Å². The minimum Gasteiger partial charge on any atom is -0.375 e. The third-order valence-corrected chi connectivity index (χ3v) is 4.35. The number of imide groups is 1. The van der Waals surface area contributed by atoms with E-state index in [0.29, 0.717) is 25.9 Å². The maximum Gasteiger partial charge on any atom is 0.254 e. The van der Waals surface area contributed by atoms with Gasteiger partial charge in [0.1, 0.15) is 5.78 Å². The number of ether oxygens (including phenoxy) is 1. The maximum atomic E-state index is 11.8. The summed E-state index contributed by atoms with van der Waals surface area (Å²) in [5.41, 5.74) is -1.05. The van der Waals surface area contributed by atoms with Crippen LogP contribution in [0.15, 0.2) is 12.2 Å². The summed E-state index contributed by atoms with van der Waals surface area (Å²) >= 11 is 4.13. The minimum absolute atomic E-state index is 0.102. The molecule has 0 N–H and O–H groups in total. The number of amides is 2. The molecule has 1 heterocycles. The number of nitrogens with zero attached hydrogens (tertiary/aromatic N) is 1. The number of ketones is 1. The third-order valence-electron chi connectivity index (χ3n) is 4.06. The topological polar surface area (TPSA) is 63.7 Å². The van der Waals surface area contributed by atoms with Crippen LogP contribution in [0, 0.1) is 0 Å². The van der Waals surface area contributed by atoms with Gasteiger partial charge in [0.25, 0.3) is 11.8 Å². The van der Waals surface area contributed by atoms with Gasteiger partial charge >= 0.3 is 0 Å². The first kappa shape index (κ1) is 19.9. The Morgan fingerprint density at radius 1 is 1.17 bits per heavy atom. The van der Waals surface area contributed by atoms with Crippen molar-refractivity contribution in [3.63, 3.8) is 0 Å². The molecule has 5 nitrogen and oxygen atoms in total. The van der Waals surface area contributed by atoms with E-state index in [0.717, 1.165) is 0 Å². The van der Waals surface area contributed by atoms with Crippen molar-refractivity contribution in [2.45, 2.75) is 70.3 Å². The maximum absolute atomic E-state index is 11.8. The zero-order valence-electron chi connectivity index (χ0n) is 14.6. The quantitative estimate of drug-likeness (QED) is 0.517. The summed E-state index contributed by atoms with van der Waals surface area (Å²) in [5, 5.41) is -0.260. The molecule has 0 bridgehead atoms. The van der Waals surface area contributed by atoms with E-state index in [1.54, 1.807) is 6.92 Å². The van der Waals surface area contributed by atoms with Gasteiger partial charge in [-0.1, -0.05) is 0 Å². The van der Waals surface area contributed by atoms with E-state index in [9.17, 15) is 14.4 Å². The van der Waals surface area contributed by atoms with Gasteiger partial charge in [-0.25, -0.2) is 0 Å². The van der Waals surface area contributed by atoms with Crippen molar-refractivity contribution in [1.82, 2.24) is 4.90 Å². The highest BCUT2D eigenvalue weighted by Gasteiger charge is 2.37. The van der Waals surface area contributed by atoms with Crippen LogP contribution in [-0.4, -0.2) is 45.5 Å². The van der Waals surface area contributed by atoms with Crippen molar-refractivity contribution in [3.05, 3.63) is 12.2 Å². The predicted octanol–water partition coefficient (Wildman–Crippen LogP) is 2.54. The number of Topliss-reactive ketones (excluding diaryl/α,β-unsaturated/α-hetero) is 1. The Morgan fingerprint density at radius 2 is 1.70 bits per heavy atom. The van der Waals surface area contributed by atoms with Gasteiger partial charge < -0.3 is 4.74 Å². The lowest BCUT2D eigenvalue weighted by Gasteiger charge is -2.35. The van der Waals surface area contributed by atoms with Gasteiger partial charge in [0.15, 0.2) is 0 Å². The van der Waals surface area contributed by atoms with Crippen LogP contribution >= 0.6 is 12.6 Å². The molecule has 1 aliphatic heterocycles. The zero-order valence-corrected chi connectivity index (χ0v) is 15.5. The average Bonchev–Trinajstić information content (AvgIpc) is 2.75. The molecule has 0 aromatic heterocycles. The first-order chi connectivity index (χ1) is 10.5. The van der Waals surface area contributed by atoms with Crippen LogP contribution in [0.1, 0.15) is 53.9 Å². The SMILES string of the molecule is CC(S)C(=O)CCC(C)(C)OCCC(C)(C)N1C(=O)C=CC1=O. The summed E-state index contributed by atoms with van der Waals surface area (Å²) in [6.45, 7) is 9.73. The van der Waals surface area contributed by atoms with Crippen molar-refractivity contribution in [3.8, 4) is 0 Å². The average molecular weight is 341 g/mol. The molecule has 0 aliphatic carbocycles. The molecule has 0 aromatic carbocycles. The highest BCUT2D eigenvalue weighted by molar-refractivity contribution is 7.81. The molecule has 0 saturated carbocycles. The van der Waals surface area contributed by atoms with Crippen molar-refractivity contribution in [1.29, 1.82) is 0 Å². The molecule has 0 aromatic rings. The second-order valence-corrected chi connectivity index (χ2v) is 7.93. The molecular weight excluding hydrogens is 314 g/mol. The van der Waals surface area contributed by atoms with Crippen LogP contribution in [0.25, 0.3) is 0 Å². The van der Waals surface area contributed by atoms with E-state index >= 15 is 0 Å². The van der Waals surface area contributed by atoms with E-state index in [2.05, 4.69) is 12.6 Å². The highest BCUT2D eigenvalue weighted by atomic mass is 32.1. The molecule has 0 radical (unpaired) electrons. The lowest BCUT2D eigenvalue weighted by Crippen LogP contribution is -2.48. The Kier molecular flexibility index (Phi) is 6.59. The highest BCUT2D eigenvalue weighted by Crippen LogP contribution is 2.25. The number of carbonyl (C=O) groups is 3. The lowest BCUT2D eigenvalue weighted by atomic mass is 9.97. The Hall–Kier alpha value is -1.14. The molecule has 1 unspecified atom stereocenters. The number of carbonyl (C=O) groups excluding carboxylic acids is 3. The fourth-order valence-electron chi connectivity index (χ4n) is 2.39. The van der Waals surface area contributed by atoms with Crippen LogP contribution in [0.2, 0.25) is 0 Å². The number of rotatable bonds is 9. The van der Waals surface area contributed by atoms with E-state index < -0.39 is 11.1 Å². The molecule has 2 amide bonds. The Balaban J connectivity index is 2.47. The fourth-order valence-corrected chi connectivity index (χ4v) is 2.52. The normalized spacial score (nSPS) is 17.0. The second kappa shape index (κ2) is 7.62. The van der Waals surface area contributed by atoms with Crippen molar-refractivity contribution in [2.24, 2.45) is 0 Å². The fraction of sp³-hybridized carbons (Fsp3) is 0.706. The van der Waals surface area contributed by atoms with Crippen LogP contribution < -0.4 is 0 Å². The van der Waals surface area contributed by atoms with Crippen molar-refractivity contribution >= 4 is 30.2 Å². The van der Waals surface area contributed by atoms with Gasteiger partial charge in [-0.2, -0.15) is 12.6 Å². The van der Waals surface area contributed by atoms with Crippen LogP contribution in [0.4, 0.5) is 0 Å². The summed E-state index contributed by atoms with van der Waals surface area (Å²) in [4.78, 5) is 36.4. The molecule has 1 atom stereocenters. The molecule has 0 fully saturated rings. The van der Waals surface area contributed by atoms with E-state index in [4.69, 9.17) is 4.74 Å². The summed E-state index contributed by atoms with van der Waals surface area (Å²) in [6, 6.07) is 0. The molecular formula is C17H27NO4S.